The molecule has 2 spiro atoms. The topological polar surface area (TPSA) is 163 Å². The van der Waals surface area contributed by atoms with Crippen LogP contribution in [0.2, 0.25) is 0 Å². The SMILES string of the molecule is CC[C@H]1CC[C@@H]2[C@@H](C1)[C@H]1/C=C/C(=O)[C@]3(Cc4ccc(O)c(OC)c4)CCC[C@@H]3CC#CNC(=NC)Nc3cc(cc4c3OC#CC3(CCCCC3)[C@@H]3C[C@@](CNC)(C[C@H]3C[C@H](O)OC3CCCC3)O4)[C@@]13CCC[C@H]3[C@@H]2CCCO. The molecule has 2 aliphatic heterocycles. The maximum absolute atomic E-state index is 15.9. The predicted molar refractivity (Wildman–Crippen MR) is 310 cm³/mol. The Labute approximate surface area is 471 Å². The standard InChI is InChI=1S/C67H92N4O8/c1-5-44-21-23-50-51(19-14-33-72)53-20-12-30-67(53)48-38-56(62-59(39-48)79-65(43-68-2)41-46(37-61(75)78-49-17-7-8-18-49)55(42-65)64(31-34-77-62)27-9-6-10-28-64)71-63(69-3)70-32-13-16-47-15-11-29-66(47,60(74)26-24-54(67)52(50)35-44)40-45-22-25-57(73)58(36-45)76-4/h22,24-26,36,38-39,44,46-47,49-55,61,68,72-73,75H,5-12,14-21,23,27-30,33,35,37,40-43H2,1-4H3,(H2,69,70,71)/b26-24+/t44-,46+,47+,50-,51+,52+,53-,54+,55+,61+,65+,66-,67+/m0/s1. The van der Waals surface area contributed by atoms with Crippen LogP contribution in [0, 0.1) is 88.1 Å². The third-order valence-electron chi connectivity index (χ3n) is 22.3. The summed E-state index contributed by atoms with van der Waals surface area (Å²) in [6.45, 7) is 3.14. The van der Waals surface area contributed by atoms with E-state index < -0.39 is 17.3 Å². The highest BCUT2D eigenvalue weighted by Crippen LogP contribution is 2.67. The van der Waals surface area contributed by atoms with Crippen molar-refractivity contribution in [2.24, 2.45) is 69.1 Å². The molecule has 7 fully saturated rings. The highest BCUT2D eigenvalue weighted by Gasteiger charge is 2.62. The van der Waals surface area contributed by atoms with E-state index in [1.54, 1.807) is 20.2 Å². The molecule has 2 aromatic carbocycles. The highest BCUT2D eigenvalue weighted by molar-refractivity contribution is 5.97. The van der Waals surface area contributed by atoms with E-state index in [-0.39, 0.29) is 58.7 Å². The van der Waals surface area contributed by atoms with Gasteiger partial charge in [0.2, 0.25) is 11.7 Å². The van der Waals surface area contributed by atoms with E-state index >= 15 is 4.79 Å². The minimum absolute atomic E-state index is 0.00997. The van der Waals surface area contributed by atoms with E-state index in [1.165, 1.54) is 24.8 Å². The number of carbonyl (C=O) groups excluding carboxylic acids is 1. The van der Waals surface area contributed by atoms with Gasteiger partial charge in [-0.25, -0.2) is 0 Å². The highest BCUT2D eigenvalue weighted by atomic mass is 16.6. The van der Waals surface area contributed by atoms with Crippen LogP contribution in [0.4, 0.5) is 5.69 Å². The zero-order valence-corrected chi connectivity index (χ0v) is 48.0. The molecule has 428 valence electrons. The first-order chi connectivity index (χ1) is 38.5. The van der Waals surface area contributed by atoms with Crippen LogP contribution in [0.25, 0.3) is 0 Å². The summed E-state index contributed by atoms with van der Waals surface area (Å²) >= 11 is 0. The molecule has 4 bridgehead atoms. The molecule has 12 heteroatoms. The second kappa shape index (κ2) is 24.0. The lowest BCUT2D eigenvalue weighted by Gasteiger charge is -2.59. The number of nitrogens with one attached hydrogen (secondary N) is 3. The summed E-state index contributed by atoms with van der Waals surface area (Å²) in [4.78, 5) is 20.7. The summed E-state index contributed by atoms with van der Waals surface area (Å²) in [5.41, 5.74) is 0.846. The van der Waals surface area contributed by atoms with Crippen LogP contribution < -0.4 is 30.2 Å². The Morgan fingerprint density at radius 3 is 2.57 bits per heavy atom. The Morgan fingerprint density at radius 2 is 1.78 bits per heavy atom. The third kappa shape index (κ3) is 10.8. The monoisotopic (exact) mass is 1080 g/mol. The molecule has 79 heavy (non-hydrogen) atoms. The number of ketones is 1. The fourth-order valence-electron chi connectivity index (χ4n) is 18.8. The molecule has 7 saturated carbocycles. The lowest BCUT2D eigenvalue weighted by Crippen LogP contribution is -2.55. The lowest BCUT2D eigenvalue weighted by molar-refractivity contribution is -0.147. The molecule has 0 aromatic heterocycles. The number of benzene rings is 2. The second-order valence-corrected chi connectivity index (χ2v) is 26.2. The number of aromatic hydroxyl groups is 1. The number of aliphatic hydroxyl groups excluding tert-OH is 2. The van der Waals surface area contributed by atoms with E-state index in [2.05, 4.69) is 65.1 Å². The van der Waals surface area contributed by atoms with Crippen molar-refractivity contribution < 1.29 is 39.1 Å². The molecule has 2 aromatic rings. The van der Waals surface area contributed by atoms with Gasteiger partial charge in [0, 0.05) is 55.3 Å². The van der Waals surface area contributed by atoms with E-state index in [0.29, 0.717) is 78.6 Å². The second-order valence-electron chi connectivity index (χ2n) is 26.2. The van der Waals surface area contributed by atoms with Crippen LogP contribution >= 0.6 is 0 Å². The molecule has 11 rings (SSSR count). The number of guanidine groups is 1. The molecule has 0 amide bonds. The van der Waals surface area contributed by atoms with Gasteiger partial charge >= 0.3 is 0 Å². The summed E-state index contributed by atoms with van der Waals surface area (Å²) in [7, 11) is 5.37. The minimum Gasteiger partial charge on any atom is -0.504 e. The Morgan fingerprint density at radius 1 is 0.949 bits per heavy atom. The molecule has 9 aliphatic rings. The van der Waals surface area contributed by atoms with Crippen molar-refractivity contribution in [3.8, 4) is 47.0 Å². The van der Waals surface area contributed by atoms with Crippen molar-refractivity contribution >= 4 is 17.4 Å². The van der Waals surface area contributed by atoms with Gasteiger partial charge in [-0.2, -0.15) is 0 Å². The molecular weight excluding hydrogens is 989 g/mol. The van der Waals surface area contributed by atoms with Crippen molar-refractivity contribution in [3.05, 3.63) is 53.6 Å². The molecule has 13 atom stereocenters. The number of anilines is 1. The van der Waals surface area contributed by atoms with Crippen molar-refractivity contribution in [3.63, 3.8) is 0 Å². The van der Waals surface area contributed by atoms with Gasteiger partial charge in [-0.3, -0.25) is 15.1 Å². The normalized spacial score (nSPS) is 36.0. The number of carbonyl (C=O) groups is 1. The molecule has 7 aliphatic carbocycles. The van der Waals surface area contributed by atoms with Gasteiger partial charge in [0.15, 0.2) is 29.3 Å². The van der Waals surface area contributed by atoms with Crippen LogP contribution in [-0.2, 0) is 21.4 Å². The van der Waals surface area contributed by atoms with Gasteiger partial charge in [-0.1, -0.05) is 88.7 Å². The number of nitrogens with zero attached hydrogens (tertiary/aromatic N) is 1. The summed E-state index contributed by atoms with van der Waals surface area (Å²) in [6.07, 6.45) is 31.9. The molecule has 0 radical (unpaired) electrons. The van der Waals surface area contributed by atoms with Crippen molar-refractivity contribution in [1.29, 1.82) is 0 Å². The molecule has 0 unspecified atom stereocenters. The van der Waals surface area contributed by atoms with Crippen LogP contribution in [0.3, 0.4) is 0 Å². The number of likely N-dealkylation sites (N-methyl/N-ethyl adjacent to an activating group) is 1. The maximum atomic E-state index is 15.9. The fourth-order valence-corrected chi connectivity index (χ4v) is 18.8. The van der Waals surface area contributed by atoms with Crippen LogP contribution in [0.1, 0.15) is 179 Å². The van der Waals surface area contributed by atoms with E-state index in [1.807, 2.05) is 25.3 Å². The maximum Gasteiger partial charge on any atom is 0.207 e. The average Bonchev–Trinajstić information content (AvgIpc) is 4.43. The first-order valence-electron chi connectivity index (χ1n) is 31.2. The molecule has 2 heterocycles. The first-order valence-corrected chi connectivity index (χ1v) is 31.2. The van der Waals surface area contributed by atoms with Gasteiger partial charge in [0.05, 0.1) is 18.9 Å². The Bertz CT molecular complexity index is 2690. The summed E-state index contributed by atoms with van der Waals surface area (Å²) in [6, 6.07) is 13.4. The smallest absolute Gasteiger partial charge is 0.207 e. The zero-order chi connectivity index (χ0) is 54.8. The number of phenolic OH excluding ortho intramolecular Hbond substituents is 1. The Kier molecular flexibility index (Phi) is 17.1. The van der Waals surface area contributed by atoms with Crippen molar-refractivity contribution in [1.82, 2.24) is 10.6 Å². The van der Waals surface area contributed by atoms with Gasteiger partial charge in [0.1, 0.15) is 11.7 Å². The minimum atomic E-state index is -0.852. The first kappa shape index (κ1) is 56.2. The Hall–Kier alpha value is -4.72. The zero-order valence-electron chi connectivity index (χ0n) is 48.0. The lowest BCUT2D eigenvalue weighted by atomic mass is 9.45. The number of aliphatic imine (C=N–C) groups is 1. The number of rotatable bonds is 13. The summed E-state index contributed by atoms with van der Waals surface area (Å²) in [5.74, 6) is 12.1. The van der Waals surface area contributed by atoms with Crippen molar-refractivity contribution in [2.75, 3.05) is 39.7 Å². The number of phenols is 1. The Balaban J connectivity index is 1.09. The number of allylic oxidation sites excluding steroid dienone is 2. The number of fused-ring (bicyclic) bond motifs is 10. The van der Waals surface area contributed by atoms with Gasteiger partial charge in [0.25, 0.3) is 0 Å². The van der Waals surface area contributed by atoms with E-state index in [9.17, 15) is 15.3 Å². The van der Waals surface area contributed by atoms with E-state index in [0.717, 1.165) is 140 Å². The van der Waals surface area contributed by atoms with Gasteiger partial charge < -0.3 is 44.9 Å². The van der Waals surface area contributed by atoms with Crippen LogP contribution in [-0.4, -0.2) is 79.4 Å². The summed E-state index contributed by atoms with van der Waals surface area (Å²) < 4.78 is 26.9. The van der Waals surface area contributed by atoms with Crippen molar-refractivity contribution in [2.45, 2.75) is 197 Å². The largest absolute Gasteiger partial charge is 0.504 e. The molecule has 6 N–H and O–H groups in total. The summed E-state index contributed by atoms with van der Waals surface area (Å²) in [5, 5.41) is 43.8. The molecule has 0 saturated heterocycles. The fraction of sp³-hybridized carbons (Fsp3) is 0.701. The van der Waals surface area contributed by atoms with Crippen LogP contribution in [0.15, 0.2) is 47.5 Å². The van der Waals surface area contributed by atoms with Crippen LogP contribution in [0.5, 0.6) is 23.0 Å². The van der Waals surface area contributed by atoms with Gasteiger partial charge in [-0.05, 0) is 198 Å². The third-order valence-corrected chi connectivity index (χ3v) is 22.3. The number of methoxy groups -OCH3 is 1. The molecular formula is C67H92N4O8. The number of aliphatic hydroxyl groups is 2. The molecule has 12 nitrogen and oxygen atoms in total. The predicted octanol–water partition coefficient (Wildman–Crippen LogP) is 11.7. The number of hydrogen-bond acceptors (Lipinski definition) is 10. The number of hydrogen-bond donors (Lipinski definition) is 6. The van der Waals surface area contributed by atoms with E-state index in [4.69, 9.17) is 23.9 Å². The average molecular weight is 1080 g/mol. The number of ether oxygens (including phenoxy) is 4. The van der Waals surface area contributed by atoms with Gasteiger partial charge in [-0.15, -0.1) is 0 Å². The quantitative estimate of drug-likeness (QED) is 0.0836.